The molecule has 0 amide bonds. The maximum absolute atomic E-state index is 11.9. The van der Waals surface area contributed by atoms with E-state index in [1.807, 2.05) is 0 Å². The van der Waals surface area contributed by atoms with Gasteiger partial charge in [0.15, 0.2) is 0 Å². The van der Waals surface area contributed by atoms with Crippen LogP contribution < -0.4 is 5.73 Å². The first-order chi connectivity index (χ1) is 7.90. The minimum Gasteiger partial charge on any atom is -0.479 e. The molecule has 0 fully saturated rings. The predicted molar refractivity (Wildman–Crippen MR) is 68.2 cm³/mol. The molecular weight excluding hydrogens is 236 g/mol. The summed E-state index contributed by atoms with van der Waals surface area (Å²) in [5, 5.41) is 9.19. The molecule has 0 aliphatic rings. The van der Waals surface area contributed by atoms with Gasteiger partial charge in [-0.15, -0.1) is 0 Å². The molecule has 0 aromatic heterocycles. The van der Waals surface area contributed by atoms with Crippen LogP contribution in [0.4, 0.5) is 0 Å². The van der Waals surface area contributed by atoms with Crippen molar-refractivity contribution in [3.05, 3.63) is 0 Å². The largest absolute Gasteiger partial charge is 0.479 e. The second-order valence-corrected chi connectivity index (χ2v) is 5.80. The molecule has 0 aromatic carbocycles. The molecule has 106 valence electrons. The van der Waals surface area contributed by atoms with Crippen molar-refractivity contribution in [2.24, 2.45) is 5.73 Å². The van der Waals surface area contributed by atoms with Crippen LogP contribution in [0.1, 0.15) is 34.1 Å². The molecule has 3 N–H and O–H groups in total. The van der Waals surface area contributed by atoms with Crippen molar-refractivity contribution in [2.75, 3.05) is 14.1 Å². The number of carboxylic acids is 1. The van der Waals surface area contributed by atoms with E-state index in [0.29, 0.717) is 0 Å². The lowest BCUT2D eigenvalue weighted by Gasteiger charge is -2.31. The molecule has 0 saturated heterocycles. The summed E-state index contributed by atoms with van der Waals surface area (Å²) in [6, 6.07) is -0.154. The van der Waals surface area contributed by atoms with Crippen LogP contribution in [0.5, 0.6) is 0 Å². The molecule has 0 heterocycles. The van der Waals surface area contributed by atoms with Crippen LogP contribution in [0.3, 0.4) is 0 Å². The first kappa shape index (κ1) is 16.9. The number of rotatable bonds is 5. The third-order valence-corrected chi connectivity index (χ3v) is 2.64. The topological polar surface area (TPSA) is 92.9 Å². The molecule has 0 aliphatic carbocycles. The summed E-state index contributed by atoms with van der Waals surface area (Å²) in [5.74, 6) is -2.28. The molecular formula is C12H24N2O4. The average molecular weight is 260 g/mol. The van der Waals surface area contributed by atoms with Crippen molar-refractivity contribution >= 4 is 11.9 Å². The molecule has 6 heteroatoms. The number of esters is 1. The summed E-state index contributed by atoms with van der Waals surface area (Å²) in [7, 11) is 3.59. The standard InChI is InChI=1S/C12H24N2O4/c1-8(14(5)6)7-12(13,9(15)16)10(17)18-11(2,3)4/h8H,7,13H2,1-6H3,(H,15,16)/t8?,12-/m0/s1. The van der Waals surface area contributed by atoms with Crippen LogP contribution >= 0.6 is 0 Å². The number of hydrogen-bond donors (Lipinski definition) is 2. The Kier molecular flexibility index (Phi) is 5.31. The Morgan fingerprint density at radius 2 is 1.78 bits per heavy atom. The van der Waals surface area contributed by atoms with Crippen molar-refractivity contribution in [1.82, 2.24) is 4.90 Å². The Morgan fingerprint density at radius 1 is 1.33 bits per heavy atom. The monoisotopic (exact) mass is 260 g/mol. The van der Waals surface area contributed by atoms with E-state index in [2.05, 4.69) is 0 Å². The molecule has 0 spiro atoms. The van der Waals surface area contributed by atoms with Gasteiger partial charge in [0.25, 0.3) is 0 Å². The summed E-state index contributed by atoms with van der Waals surface area (Å²) in [4.78, 5) is 25.0. The third kappa shape index (κ3) is 4.62. The summed E-state index contributed by atoms with van der Waals surface area (Å²) in [5.41, 5.74) is 2.95. The first-order valence-electron chi connectivity index (χ1n) is 5.82. The maximum Gasteiger partial charge on any atom is 0.338 e. The Bertz CT molecular complexity index is 323. The van der Waals surface area contributed by atoms with Gasteiger partial charge in [0.2, 0.25) is 5.54 Å². The van der Waals surface area contributed by atoms with Gasteiger partial charge < -0.3 is 20.5 Å². The molecule has 18 heavy (non-hydrogen) atoms. The van der Waals surface area contributed by atoms with Crippen LogP contribution in [0.25, 0.3) is 0 Å². The summed E-state index contributed by atoms with van der Waals surface area (Å²) in [6.45, 7) is 6.81. The van der Waals surface area contributed by atoms with Crippen LogP contribution in [0, 0.1) is 0 Å². The predicted octanol–water partition coefficient (Wildman–Crippen LogP) is 0.450. The molecule has 0 bridgehead atoms. The fourth-order valence-corrected chi connectivity index (χ4v) is 1.28. The fourth-order valence-electron chi connectivity index (χ4n) is 1.28. The second-order valence-electron chi connectivity index (χ2n) is 5.80. The Labute approximate surface area is 108 Å². The number of nitrogens with zero attached hydrogens (tertiary/aromatic N) is 1. The molecule has 0 saturated carbocycles. The summed E-state index contributed by atoms with van der Waals surface area (Å²) < 4.78 is 5.08. The van der Waals surface area contributed by atoms with Crippen molar-refractivity contribution in [3.8, 4) is 0 Å². The zero-order valence-electron chi connectivity index (χ0n) is 12.0. The zero-order valence-corrected chi connectivity index (χ0v) is 12.0. The van der Waals surface area contributed by atoms with E-state index in [4.69, 9.17) is 10.5 Å². The van der Waals surface area contributed by atoms with Crippen molar-refractivity contribution in [3.63, 3.8) is 0 Å². The number of carbonyl (C=O) groups is 2. The van der Waals surface area contributed by atoms with Gasteiger partial charge in [-0.2, -0.15) is 0 Å². The molecule has 6 nitrogen and oxygen atoms in total. The van der Waals surface area contributed by atoms with Crippen LogP contribution in [-0.2, 0) is 14.3 Å². The highest BCUT2D eigenvalue weighted by Gasteiger charge is 2.46. The number of hydrogen-bond acceptors (Lipinski definition) is 5. The normalized spacial score (nSPS) is 17.1. The van der Waals surface area contributed by atoms with E-state index in [0.717, 1.165) is 0 Å². The lowest BCUT2D eigenvalue weighted by Crippen LogP contribution is -2.59. The van der Waals surface area contributed by atoms with E-state index in [1.165, 1.54) is 0 Å². The molecule has 0 aliphatic heterocycles. The molecule has 1 unspecified atom stereocenters. The minimum atomic E-state index is -2.02. The molecule has 0 radical (unpaired) electrons. The second kappa shape index (κ2) is 5.67. The number of carbonyl (C=O) groups excluding carboxylic acids is 1. The van der Waals surface area contributed by atoms with Gasteiger partial charge in [-0.3, -0.25) is 0 Å². The lowest BCUT2D eigenvalue weighted by molar-refractivity contribution is -0.170. The fraction of sp³-hybridized carbons (Fsp3) is 0.833. The molecule has 0 rings (SSSR count). The van der Waals surface area contributed by atoms with E-state index in [-0.39, 0.29) is 12.5 Å². The Hall–Kier alpha value is -1.14. The van der Waals surface area contributed by atoms with Gasteiger partial charge in [-0.25, -0.2) is 9.59 Å². The smallest absolute Gasteiger partial charge is 0.338 e. The highest BCUT2D eigenvalue weighted by atomic mass is 16.6. The van der Waals surface area contributed by atoms with Gasteiger partial charge >= 0.3 is 11.9 Å². The van der Waals surface area contributed by atoms with Crippen molar-refractivity contribution < 1.29 is 19.4 Å². The van der Waals surface area contributed by atoms with Gasteiger partial charge in [-0.1, -0.05) is 0 Å². The van der Waals surface area contributed by atoms with Gasteiger partial charge in [0.05, 0.1) is 0 Å². The molecule has 0 aromatic rings. The third-order valence-electron chi connectivity index (χ3n) is 2.64. The molecule has 2 atom stereocenters. The highest BCUT2D eigenvalue weighted by Crippen LogP contribution is 2.19. The van der Waals surface area contributed by atoms with Crippen LogP contribution in [-0.4, -0.2) is 53.2 Å². The van der Waals surface area contributed by atoms with Crippen LogP contribution in [0.2, 0.25) is 0 Å². The maximum atomic E-state index is 11.9. The van der Waals surface area contributed by atoms with E-state index < -0.39 is 23.1 Å². The lowest BCUT2D eigenvalue weighted by atomic mass is 9.92. The zero-order chi connectivity index (χ0) is 14.7. The van der Waals surface area contributed by atoms with Crippen molar-refractivity contribution in [2.45, 2.75) is 51.3 Å². The SMILES string of the molecule is CC(C[C@](N)(C(=O)O)C(=O)OC(C)(C)C)N(C)C. The van der Waals surface area contributed by atoms with E-state index in [9.17, 15) is 14.7 Å². The van der Waals surface area contributed by atoms with Gasteiger partial charge in [0.1, 0.15) is 5.60 Å². The van der Waals surface area contributed by atoms with Gasteiger partial charge in [0, 0.05) is 12.5 Å². The van der Waals surface area contributed by atoms with Crippen molar-refractivity contribution in [1.29, 1.82) is 0 Å². The number of aliphatic carboxylic acids is 1. The van der Waals surface area contributed by atoms with Crippen LogP contribution in [0.15, 0.2) is 0 Å². The average Bonchev–Trinajstić information content (AvgIpc) is 2.13. The van der Waals surface area contributed by atoms with E-state index in [1.54, 1.807) is 46.7 Å². The number of nitrogens with two attached hydrogens (primary N) is 1. The quantitative estimate of drug-likeness (QED) is 0.551. The number of carboxylic acid groups (broad SMARTS) is 1. The minimum absolute atomic E-state index is 0.00968. The number of ether oxygens (including phenoxy) is 1. The summed E-state index contributed by atoms with van der Waals surface area (Å²) >= 11 is 0. The summed E-state index contributed by atoms with van der Waals surface area (Å²) in [6.07, 6.45) is -0.00968. The highest BCUT2D eigenvalue weighted by molar-refractivity contribution is 6.04. The first-order valence-corrected chi connectivity index (χ1v) is 5.82. The Morgan fingerprint density at radius 3 is 2.06 bits per heavy atom. The Balaban J connectivity index is 5.04. The van der Waals surface area contributed by atoms with E-state index >= 15 is 0 Å². The van der Waals surface area contributed by atoms with Gasteiger partial charge in [-0.05, 0) is 41.8 Å².